The van der Waals surface area contributed by atoms with E-state index in [9.17, 15) is 4.79 Å². The van der Waals surface area contributed by atoms with E-state index in [1.165, 1.54) is 5.57 Å². The largest absolute Gasteiger partial charge is 0.380 e. The van der Waals surface area contributed by atoms with Crippen LogP contribution in [0, 0.1) is 0 Å². The maximum atomic E-state index is 11.9. The van der Waals surface area contributed by atoms with Crippen LogP contribution in [0.2, 0.25) is 0 Å². The summed E-state index contributed by atoms with van der Waals surface area (Å²) in [6, 6.07) is 7.69. The van der Waals surface area contributed by atoms with E-state index in [2.05, 4.69) is 10.6 Å². The van der Waals surface area contributed by atoms with E-state index in [1.54, 1.807) is 7.11 Å². The number of carbonyl (C=O) groups is 1. The lowest BCUT2D eigenvalue weighted by Crippen LogP contribution is -2.36. The minimum atomic E-state index is -0.0222. The fourth-order valence-corrected chi connectivity index (χ4v) is 1.75. The predicted molar refractivity (Wildman–Crippen MR) is 71.4 cm³/mol. The summed E-state index contributed by atoms with van der Waals surface area (Å²) in [6.45, 7) is 4.10. The molecule has 1 aliphatic heterocycles. The molecule has 4 nitrogen and oxygen atoms in total. The predicted octanol–water partition coefficient (Wildman–Crippen LogP) is 1.69. The Morgan fingerprint density at radius 1 is 1.33 bits per heavy atom. The van der Waals surface area contributed by atoms with Crippen molar-refractivity contribution < 1.29 is 9.53 Å². The van der Waals surface area contributed by atoms with Crippen molar-refractivity contribution in [3.8, 4) is 0 Å². The lowest BCUT2D eigenvalue weighted by Gasteiger charge is -2.21. The first-order valence-electron chi connectivity index (χ1n) is 5.99. The number of benzene rings is 1. The number of nitrogens with one attached hydrogen (secondary N) is 2. The van der Waals surface area contributed by atoms with Crippen LogP contribution in [0.15, 0.2) is 35.4 Å². The smallest absolute Gasteiger partial charge is 0.251 e. The van der Waals surface area contributed by atoms with Crippen molar-refractivity contribution in [1.29, 1.82) is 0 Å². The Labute approximate surface area is 107 Å². The van der Waals surface area contributed by atoms with Gasteiger partial charge in [-0.15, -0.1) is 0 Å². The zero-order valence-corrected chi connectivity index (χ0v) is 10.7. The number of amides is 1. The van der Waals surface area contributed by atoms with Crippen LogP contribution in [0.3, 0.4) is 0 Å². The number of ether oxygens (including phenoxy) is 1. The van der Waals surface area contributed by atoms with Gasteiger partial charge in [-0.25, -0.2) is 0 Å². The molecule has 18 heavy (non-hydrogen) atoms. The second kappa shape index (κ2) is 5.80. The van der Waals surface area contributed by atoms with Gasteiger partial charge in [0, 0.05) is 31.5 Å². The van der Waals surface area contributed by atoms with Gasteiger partial charge in [-0.1, -0.05) is 12.1 Å². The Morgan fingerprint density at radius 2 is 2.00 bits per heavy atom. The molecule has 0 aromatic heterocycles. The van der Waals surface area contributed by atoms with E-state index in [1.807, 2.05) is 31.2 Å². The van der Waals surface area contributed by atoms with Gasteiger partial charge in [-0.3, -0.25) is 4.79 Å². The fourth-order valence-electron chi connectivity index (χ4n) is 1.75. The number of methoxy groups -OCH3 is 1. The molecule has 1 aromatic rings. The van der Waals surface area contributed by atoms with E-state index in [0.717, 1.165) is 29.9 Å². The number of hydrogen-bond donors (Lipinski definition) is 2. The second-order valence-electron chi connectivity index (χ2n) is 4.42. The summed E-state index contributed by atoms with van der Waals surface area (Å²) in [7, 11) is 1.66. The van der Waals surface area contributed by atoms with E-state index in [4.69, 9.17) is 4.74 Å². The maximum absolute atomic E-state index is 11.9. The first-order chi connectivity index (χ1) is 8.70. The highest BCUT2D eigenvalue weighted by molar-refractivity contribution is 6.04. The highest BCUT2D eigenvalue weighted by atomic mass is 16.5. The summed E-state index contributed by atoms with van der Waals surface area (Å²) < 4.78 is 5.04. The van der Waals surface area contributed by atoms with Crippen LogP contribution in [0.4, 0.5) is 5.69 Å². The molecule has 2 rings (SSSR count). The molecule has 0 atom stereocenters. The van der Waals surface area contributed by atoms with Crippen molar-refractivity contribution in [1.82, 2.24) is 5.32 Å². The SMILES string of the molecule is COCc1ccc(NC(=O)C(C)=C2CNC2)cc1. The Hall–Kier alpha value is -1.65. The Morgan fingerprint density at radius 3 is 2.50 bits per heavy atom. The molecule has 0 aliphatic carbocycles. The van der Waals surface area contributed by atoms with Gasteiger partial charge in [-0.2, -0.15) is 0 Å². The molecule has 1 aliphatic rings. The van der Waals surface area contributed by atoms with Gasteiger partial charge in [0.1, 0.15) is 0 Å². The lowest BCUT2D eigenvalue weighted by atomic mass is 10.0. The average Bonchev–Trinajstić information content (AvgIpc) is 2.29. The van der Waals surface area contributed by atoms with Crippen LogP contribution in [-0.4, -0.2) is 26.1 Å². The molecular weight excluding hydrogens is 228 g/mol. The van der Waals surface area contributed by atoms with Gasteiger partial charge in [0.15, 0.2) is 0 Å². The van der Waals surface area contributed by atoms with Crippen LogP contribution in [-0.2, 0) is 16.1 Å². The molecule has 0 saturated carbocycles. The molecule has 1 saturated heterocycles. The molecule has 0 spiro atoms. The summed E-state index contributed by atoms with van der Waals surface area (Å²) >= 11 is 0. The zero-order valence-electron chi connectivity index (χ0n) is 10.7. The quantitative estimate of drug-likeness (QED) is 0.795. The Kier molecular flexibility index (Phi) is 4.12. The van der Waals surface area contributed by atoms with E-state index in [0.29, 0.717) is 6.61 Å². The van der Waals surface area contributed by atoms with E-state index in [-0.39, 0.29) is 5.91 Å². The molecule has 0 radical (unpaired) electrons. The summed E-state index contributed by atoms with van der Waals surface area (Å²) in [5, 5.41) is 6.03. The molecule has 1 heterocycles. The second-order valence-corrected chi connectivity index (χ2v) is 4.42. The maximum Gasteiger partial charge on any atom is 0.251 e. The normalized spacial score (nSPS) is 14.0. The third-order valence-corrected chi connectivity index (χ3v) is 3.07. The number of hydrogen-bond acceptors (Lipinski definition) is 3. The number of carbonyl (C=O) groups excluding carboxylic acids is 1. The van der Waals surface area contributed by atoms with Crippen molar-refractivity contribution in [3.63, 3.8) is 0 Å². The molecule has 0 unspecified atom stereocenters. The van der Waals surface area contributed by atoms with Gasteiger partial charge in [0.2, 0.25) is 0 Å². The van der Waals surface area contributed by atoms with Gasteiger partial charge >= 0.3 is 0 Å². The number of rotatable bonds is 4. The molecule has 96 valence electrons. The first kappa shape index (κ1) is 12.8. The lowest BCUT2D eigenvalue weighted by molar-refractivity contribution is -0.112. The van der Waals surface area contributed by atoms with Crippen LogP contribution in [0.5, 0.6) is 0 Å². The monoisotopic (exact) mass is 246 g/mol. The van der Waals surface area contributed by atoms with Gasteiger partial charge < -0.3 is 15.4 Å². The Bertz CT molecular complexity index is 457. The fraction of sp³-hybridized carbons (Fsp3) is 0.357. The highest BCUT2D eigenvalue weighted by Crippen LogP contribution is 2.14. The van der Waals surface area contributed by atoms with Crippen LogP contribution < -0.4 is 10.6 Å². The van der Waals surface area contributed by atoms with Crippen molar-refractivity contribution in [2.45, 2.75) is 13.5 Å². The van der Waals surface area contributed by atoms with Crippen LogP contribution >= 0.6 is 0 Å². The standard InChI is InChI=1S/C14H18N2O2/c1-10(12-7-15-8-12)14(17)16-13-5-3-11(4-6-13)9-18-2/h3-6,15H,7-9H2,1-2H3,(H,16,17). The number of anilines is 1. The zero-order chi connectivity index (χ0) is 13.0. The van der Waals surface area contributed by atoms with Crippen molar-refractivity contribution in [2.75, 3.05) is 25.5 Å². The first-order valence-corrected chi connectivity index (χ1v) is 5.99. The minimum absolute atomic E-state index is 0.0222. The Balaban J connectivity index is 1.98. The minimum Gasteiger partial charge on any atom is -0.380 e. The molecule has 1 aromatic carbocycles. The van der Waals surface area contributed by atoms with Crippen molar-refractivity contribution in [2.24, 2.45) is 0 Å². The summed E-state index contributed by atoms with van der Waals surface area (Å²) in [4.78, 5) is 11.9. The molecule has 2 N–H and O–H groups in total. The third kappa shape index (κ3) is 2.97. The summed E-state index contributed by atoms with van der Waals surface area (Å²) in [6.07, 6.45) is 0. The summed E-state index contributed by atoms with van der Waals surface area (Å²) in [5.74, 6) is -0.0222. The van der Waals surface area contributed by atoms with Crippen LogP contribution in [0.25, 0.3) is 0 Å². The molecular formula is C14H18N2O2. The molecule has 0 bridgehead atoms. The van der Waals surface area contributed by atoms with Crippen LogP contribution in [0.1, 0.15) is 12.5 Å². The highest BCUT2D eigenvalue weighted by Gasteiger charge is 2.15. The molecule has 4 heteroatoms. The van der Waals surface area contributed by atoms with Crippen molar-refractivity contribution >= 4 is 11.6 Å². The van der Waals surface area contributed by atoms with E-state index >= 15 is 0 Å². The topological polar surface area (TPSA) is 50.4 Å². The van der Waals surface area contributed by atoms with E-state index < -0.39 is 0 Å². The van der Waals surface area contributed by atoms with Gasteiger partial charge in [0.05, 0.1) is 6.61 Å². The summed E-state index contributed by atoms with van der Waals surface area (Å²) in [5.41, 5.74) is 3.90. The third-order valence-electron chi connectivity index (χ3n) is 3.07. The van der Waals surface area contributed by atoms with Gasteiger partial charge in [0.25, 0.3) is 5.91 Å². The molecule has 1 amide bonds. The van der Waals surface area contributed by atoms with Crippen molar-refractivity contribution in [3.05, 3.63) is 41.0 Å². The van der Waals surface area contributed by atoms with Gasteiger partial charge in [-0.05, 0) is 30.2 Å². The average molecular weight is 246 g/mol. The molecule has 1 fully saturated rings.